The van der Waals surface area contributed by atoms with Crippen molar-refractivity contribution in [3.05, 3.63) is 102 Å². The number of rotatable bonds is 10. The minimum Gasteiger partial charge on any atom is -0.489 e. The molecule has 7 heteroatoms. The van der Waals surface area contributed by atoms with Crippen LogP contribution in [-0.4, -0.2) is 24.6 Å². The smallest absolute Gasteiger partial charge is 0.191 e. The predicted molar refractivity (Wildman–Crippen MR) is 140 cm³/mol. The third kappa shape index (κ3) is 8.22. The van der Waals surface area contributed by atoms with E-state index in [1.54, 1.807) is 19.3 Å². The molecule has 0 atom stereocenters. The van der Waals surface area contributed by atoms with Crippen molar-refractivity contribution in [2.45, 2.75) is 19.7 Å². The zero-order chi connectivity index (χ0) is 21.7. The second-order valence-electron chi connectivity index (χ2n) is 6.74. The largest absolute Gasteiger partial charge is 0.489 e. The Labute approximate surface area is 206 Å². The normalized spacial score (nSPS) is 10.6. The molecule has 3 aromatic rings. The molecule has 0 bridgehead atoms. The summed E-state index contributed by atoms with van der Waals surface area (Å²) in [4.78, 5) is 8.59. The van der Waals surface area contributed by atoms with Gasteiger partial charge in [0.25, 0.3) is 0 Å². The molecule has 168 valence electrons. The molecule has 2 N–H and O–H groups in total. The number of aromatic nitrogens is 1. The van der Waals surface area contributed by atoms with Crippen molar-refractivity contribution in [2.75, 3.05) is 13.7 Å². The van der Waals surface area contributed by atoms with E-state index >= 15 is 0 Å². The molecule has 32 heavy (non-hydrogen) atoms. The number of aliphatic imine (C=N–C) groups is 1. The summed E-state index contributed by atoms with van der Waals surface area (Å²) < 4.78 is 11.6. The lowest BCUT2D eigenvalue weighted by Gasteiger charge is -2.15. The van der Waals surface area contributed by atoms with Crippen LogP contribution in [0.25, 0.3) is 0 Å². The van der Waals surface area contributed by atoms with Gasteiger partial charge in [0.2, 0.25) is 0 Å². The fourth-order valence-corrected chi connectivity index (χ4v) is 2.91. The van der Waals surface area contributed by atoms with Crippen LogP contribution >= 0.6 is 24.0 Å². The van der Waals surface area contributed by atoms with Crippen LogP contribution in [0, 0.1) is 0 Å². The number of guanidine groups is 1. The van der Waals surface area contributed by atoms with E-state index in [0.29, 0.717) is 32.3 Å². The van der Waals surface area contributed by atoms with Gasteiger partial charge in [0.1, 0.15) is 24.7 Å². The molecule has 0 aliphatic rings. The molecule has 1 heterocycles. The van der Waals surface area contributed by atoms with Gasteiger partial charge in [0.05, 0.1) is 5.69 Å². The Balaban J connectivity index is 0.00000363. The van der Waals surface area contributed by atoms with E-state index in [1.165, 1.54) is 0 Å². The van der Waals surface area contributed by atoms with E-state index in [9.17, 15) is 0 Å². The number of hydrogen-bond donors (Lipinski definition) is 2. The second-order valence-corrected chi connectivity index (χ2v) is 6.74. The molecular formula is C25H29IN4O2. The van der Waals surface area contributed by atoms with Crippen molar-refractivity contribution < 1.29 is 9.47 Å². The Morgan fingerprint density at radius 1 is 1.00 bits per heavy atom. The van der Waals surface area contributed by atoms with Crippen molar-refractivity contribution in [1.82, 2.24) is 15.6 Å². The molecule has 1 aromatic heterocycles. The Kier molecular flexibility index (Phi) is 11.1. The average molecular weight is 544 g/mol. The first-order valence-corrected chi connectivity index (χ1v) is 10.2. The molecule has 0 fully saturated rings. The van der Waals surface area contributed by atoms with Crippen LogP contribution < -0.4 is 20.1 Å². The number of nitrogens with one attached hydrogen (secondary N) is 2. The van der Waals surface area contributed by atoms with E-state index in [0.717, 1.165) is 28.3 Å². The van der Waals surface area contributed by atoms with E-state index in [2.05, 4.69) is 27.2 Å². The summed E-state index contributed by atoms with van der Waals surface area (Å²) in [5.74, 6) is 2.35. The number of para-hydroxylation sites is 1. The van der Waals surface area contributed by atoms with Gasteiger partial charge in [0, 0.05) is 31.9 Å². The predicted octanol–water partition coefficient (Wildman–Crippen LogP) is 4.71. The molecule has 0 aliphatic carbocycles. The third-order valence-corrected chi connectivity index (χ3v) is 4.47. The number of ether oxygens (including phenoxy) is 2. The molecule has 0 saturated carbocycles. The standard InChI is InChI=1S/C25H28N4O2.HI/c1-3-15-30-24-13-5-4-10-21(24)18-29-25(26-2)28-17-20-9-8-12-23(16-20)31-19-22-11-6-7-14-27-22;/h3-14,16H,1,15,17-19H2,2H3,(H2,26,28,29);1H. The van der Waals surface area contributed by atoms with Crippen molar-refractivity contribution >= 4 is 29.9 Å². The average Bonchev–Trinajstić information content (AvgIpc) is 2.83. The summed E-state index contributed by atoms with van der Waals surface area (Å²) in [6.07, 6.45) is 3.50. The van der Waals surface area contributed by atoms with Crippen LogP contribution in [0.3, 0.4) is 0 Å². The zero-order valence-corrected chi connectivity index (χ0v) is 20.5. The lowest BCUT2D eigenvalue weighted by molar-refractivity contribution is 0.301. The molecule has 0 radical (unpaired) electrons. The third-order valence-electron chi connectivity index (χ3n) is 4.47. The number of nitrogens with zero attached hydrogens (tertiary/aromatic N) is 2. The monoisotopic (exact) mass is 544 g/mol. The summed E-state index contributed by atoms with van der Waals surface area (Å²) >= 11 is 0. The molecule has 3 rings (SSSR count). The Bertz CT molecular complexity index is 996. The van der Waals surface area contributed by atoms with Crippen LogP contribution in [0.2, 0.25) is 0 Å². The summed E-state index contributed by atoms with van der Waals surface area (Å²) in [5.41, 5.74) is 3.04. The van der Waals surface area contributed by atoms with E-state index < -0.39 is 0 Å². The zero-order valence-electron chi connectivity index (χ0n) is 18.2. The van der Waals surface area contributed by atoms with Gasteiger partial charge in [-0.15, -0.1) is 24.0 Å². The summed E-state index contributed by atoms with van der Waals surface area (Å²) in [6.45, 7) is 5.83. The highest BCUT2D eigenvalue weighted by Gasteiger charge is 2.05. The highest BCUT2D eigenvalue weighted by atomic mass is 127. The van der Waals surface area contributed by atoms with Crippen LogP contribution in [-0.2, 0) is 19.7 Å². The van der Waals surface area contributed by atoms with Crippen LogP contribution in [0.5, 0.6) is 11.5 Å². The van der Waals surface area contributed by atoms with Crippen LogP contribution in [0.4, 0.5) is 0 Å². The van der Waals surface area contributed by atoms with Gasteiger partial charge < -0.3 is 20.1 Å². The van der Waals surface area contributed by atoms with E-state index in [1.807, 2.05) is 66.7 Å². The lowest BCUT2D eigenvalue weighted by atomic mass is 10.2. The van der Waals surface area contributed by atoms with Crippen LogP contribution in [0.15, 0.2) is 90.6 Å². The van der Waals surface area contributed by atoms with Crippen LogP contribution in [0.1, 0.15) is 16.8 Å². The van der Waals surface area contributed by atoms with Gasteiger partial charge in [-0.2, -0.15) is 0 Å². The van der Waals surface area contributed by atoms with Gasteiger partial charge in [0.15, 0.2) is 5.96 Å². The highest BCUT2D eigenvalue weighted by Crippen LogP contribution is 2.18. The van der Waals surface area contributed by atoms with Gasteiger partial charge >= 0.3 is 0 Å². The van der Waals surface area contributed by atoms with Crippen molar-refractivity contribution in [1.29, 1.82) is 0 Å². The number of benzene rings is 2. The van der Waals surface area contributed by atoms with E-state index in [-0.39, 0.29) is 24.0 Å². The van der Waals surface area contributed by atoms with Gasteiger partial charge in [-0.05, 0) is 35.9 Å². The Morgan fingerprint density at radius 3 is 2.59 bits per heavy atom. The molecule has 2 aromatic carbocycles. The SMILES string of the molecule is C=CCOc1ccccc1CNC(=NC)NCc1cccc(OCc2ccccn2)c1.I. The molecule has 0 amide bonds. The minimum absolute atomic E-state index is 0. The first-order chi connectivity index (χ1) is 15.3. The summed E-state index contributed by atoms with van der Waals surface area (Å²) in [7, 11) is 1.75. The minimum atomic E-state index is 0. The topological polar surface area (TPSA) is 67.8 Å². The number of hydrogen-bond acceptors (Lipinski definition) is 4. The molecule has 0 unspecified atom stereocenters. The lowest BCUT2D eigenvalue weighted by Crippen LogP contribution is -2.36. The Hall–Kier alpha value is -3.07. The molecule has 6 nitrogen and oxygen atoms in total. The van der Waals surface area contributed by atoms with Crippen molar-refractivity contribution in [3.8, 4) is 11.5 Å². The molecule has 0 aliphatic heterocycles. The highest BCUT2D eigenvalue weighted by molar-refractivity contribution is 14.0. The molecule has 0 spiro atoms. The maximum absolute atomic E-state index is 5.86. The van der Waals surface area contributed by atoms with Crippen molar-refractivity contribution in [2.24, 2.45) is 4.99 Å². The maximum atomic E-state index is 5.86. The van der Waals surface area contributed by atoms with Gasteiger partial charge in [-0.3, -0.25) is 9.98 Å². The summed E-state index contributed by atoms with van der Waals surface area (Å²) in [5, 5.41) is 6.66. The quantitative estimate of drug-likeness (QED) is 0.168. The second kappa shape index (κ2) is 14.1. The Morgan fingerprint density at radius 2 is 1.81 bits per heavy atom. The van der Waals surface area contributed by atoms with Gasteiger partial charge in [-0.1, -0.05) is 49.1 Å². The maximum Gasteiger partial charge on any atom is 0.191 e. The molecule has 0 saturated heterocycles. The fraction of sp³-hybridized carbons (Fsp3) is 0.200. The number of pyridine rings is 1. The first-order valence-electron chi connectivity index (χ1n) is 10.2. The van der Waals surface area contributed by atoms with Crippen molar-refractivity contribution in [3.63, 3.8) is 0 Å². The summed E-state index contributed by atoms with van der Waals surface area (Å²) in [6, 6.07) is 21.7. The number of halogens is 1. The molecular weight excluding hydrogens is 515 g/mol. The fourth-order valence-electron chi connectivity index (χ4n) is 2.91. The van der Waals surface area contributed by atoms with Gasteiger partial charge in [-0.25, -0.2) is 0 Å². The van der Waals surface area contributed by atoms with E-state index in [4.69, 9.17) is 9.47 Å². The first kappa shape index (κ1) is 25.2.